The van der Waals surface area contributed by atoms with Gasteiger partial charge >= 0.3 is 5.97 Å². The molecule has 1 atom stereocenters. The zero-order valence-electron chi connectivity index (χ0n) is 22.1. The van der Waals surface area contributed by atoms with Gasteiger partial charge in [0.15, 0.2) is 5.76 Å². The maximum atomic E-state index is 13.4. The number of esters is 1. The number of aryl methyl sites for hydroxylation is 3. The van der Waals surface area contributed by atoms with Crippen molar-refractivity contribution in [2.45, 2.75) is 53.2 Å². The molecule has 0 saturated heterocycles. The van der Waals surface area contributed by atoms with Crippen molar-refractivity contribution in [1.29, 1.82) is 5.26 Å². The number of carbonyl (C=O) groups is 1. The van der Waals surface area contributed by atoms with Crippen molar-refractivity contribution in [2.24, 2.45) is 7.05 Å². The lowest BCUT2D eigenvalue weighted by atomic mass is 9.99. The van der Waals surface area contributed by atoms with Crippen LogP contribution >= 0.6 is 0 Å². The molecule has 2 heterocycles. The van der Waals surface area contributed by atoms with Crippen molar-refractivity contribution in [1.82, 2.24) is 9.78 Å². The topological polar surface area (TPSA) is 110 Å². The lowest BCUT2D eigenvalue weighted by Gasteiger charge is -2.23. The predicted octanol–water partition coefficient (Wildman–Crippen LogP) is 5.81. The summed E-state index contributed by atoms with van der Waals surface area (Å²) in [6.45, 7) is 11.1. The number of nitriles is 1. The average Bonchev–Trinajstić information content (AvgIpc) is 3.15. The van der Waals surface area contributed by atoms with Gasteiger partial charge in [-0.15, -0.1) is 0 Å². The number of ether oxygens (including phenoxy) is 1. The van der Waals surface area contributed by atoms with Crippen LogP contribution in [0.5, 0.6) is 0 Å². The van der Waals surface area contributed by atoms with Gasteiger partial charge in [-0.05, 0) is 70.9 Å². The Bertz CT molecular complexity index is 1620. The molecule has 190 valence electrons. The van der Waals surface area contributed by atoms with E-state index in [2.05, 4.69) is 10.4 Å². The molecule has 0 saturated carbocycles. The fourth-order valence-electron chi connectivity index (χ4n) is 4.33. The number of nitrogens with zero attached hydrogens (tertiary/aromatic N) is 3. The van der Waals surface area contributed by atoms with Crippen LogP contribution in [-0.4, -0.2) is 21.4 Å². The quantitative estimate of drug-likeness (QED) is 0.346. The lowest BCUT2D eigenvalue weighted by Crippen LogP contribution is -2.24. The molecule has 1 N–H and O–H groups in total. The second-order valence-electron chi connectivity index (χ2n) is 10.2. The van der Waals surface area contributed by atoms with E-state index in [0.717, 1.165) is 11.1 Å². The van der Waals surface area contributed by atoms with Crippen LogP contribution in [-0.2, 0) is 11.8 Å². The Kier molecular flexibility index (Phi) is 6.66. The molecule has 8 heteroatoms. The van der Waals surface area contributed by atoms with Crippen molar-refractivity contribution in [3.05, 3.63) is 80.6 Å². The summed E-state index contributed by atoms with van der Waals surface area (Å²) in [5.74, 6) is -0.292. The van der Waals surface area contributed by atoms with Crippen LogP contribution in [0.15, 0.2) is 51.8 Å². The first-order valence-electron chi connectivity index (χ1n) is 12.0. The predicted molar refractivity (Wildman–Crippen MR) is 143 cm³/mol. The highest BCUT2D eigenvalue weighted by molar-refractivity contribution is 5.96. The molecule has 8 nitrogen and oxygen atoms in total. The number of para-hydroxylation sites is 1. The highest BCUT2D eigenvalue weighted by atomic mass is 16.6. The third kappa shape index (κ3) is 5.12. The number of fused-ring (bicyclic) bond motifs is 1. The van der Waals surface area contributed by atoms with E-state index in [0.29, 0.717) is 33.5 Å². The fraction of sp³-hybridized carbons (Fsp3) is 0.310. The maximum Gasteiger partial charge on any atom is 0.340 e. The van der Waals surface area contributed by atoms with E-state index in [9.17, 15) is 14.9 Å². The Hall–Kier alpha value is -4.38. The molecular formula is C29H30N4O4. The van der Waals surface area contributed by atoms with Gasteiger partial charge in [-0.25, -0.2) is 4.79 Å². The van der Waals surface area contributed by atoms with Crippen LogP contribution in [0.1, 0.15) is 66.3 Å². The van der Waals surface area contributed by atoms with E-state index in [1.807, 2.05) is 59.7 Å². The highest BCUT2D eigenvalue weighted by Crippen LogP contribution is 2.33. The SMILES string of the molecule is Cc1cc([C@@H](C)Nc2ccccc2C(=O)OC(C)(C)C)c2oc(-c3nn(C)cc3C)c(C#N)c(=O)c2c1. The lowest BCUT2D eigenvalue weighted by molar-refractivity contribution is 0.00706. The van der Waals surface area contributed by atoms with Gasteiger partial charge in [-0.1, -0.05) is 18.2 Å². The average molecular weight is 499 g/mol. The van der Waals surface area contributed by atoms with E-state index in [-0.39, 0.29) is 17.4 Å². The number of rotatable bonds is 5. The number of benzene rings is 2. The highest BCUT2D eigenvalue weighted by Gasteiger charge is 2.25. The van der Waals surface area contributed by atoms with Crippen LogP contribution in [0.3, 0.4) is 0 Å². The molecule has 0 amide bonds. The molecule has 0 aliphatic rings. The van der Waals surface area contributed by atoms with Gasteiger partial charge < -0.3 is 14.5 Å². The monoisotopic (exact) mass is 498 g/mol. The zero-order valence-corrected chi connectivity index (χ0v) is 22.1. The molecule has 0 aliphatic carbocycles. The Morgan fingerprint density at radius 3 is 2.54 bits per heavy atom. The molecular weight excluding hydrogens is 468 g/mol. The van der Waals surface area contributed by atoms with Crippen LogP contribution in [0.2, 0.25) is 0 Å². The summed E-state index contributed by atoms with van der Waals surface area (Å²) in [5.41, 5.74) is 3.02. The van der Waals surface area contributed by atoms with Crippen LogP contribution < -0.4 is 10.7 Å². The van der Waals surface area contributed by atoms with E-state index >= 15 is 0 Å². The molecule has 0 aliphatic heterocycles. The van der Waals surface area contributed by atoms with Crippen molar-refractivity contribution >= 4 is 22.6 Å². The third-order valence-corrected chi connectivity index (χ3v) is 5.89. The number of hydrogen-bond donors (Lipinski definition) is 1. The summed E-state index contributed by atoms with van der Waals surface area (Å²) in [5, 5.41) is 18.0. The Labute approximate surface area is 215 Å². The Morgan fingerprint density at radius 2 is 1.92 bits per heavy atom. The summed E-state index contributed by atoms with van der Waals surface area (Å²) in [7, 11) is 1.77. The van der Waals surface area contributed by atoms with Crippen molar-refractivity contribution in [3.8, 4) is 17.5 Å². The zero-order chi connectivity index (χ0) is 27.1. The molecule has 4 aromatic rings. The fourth-order valence-corrected chi connectivity index (χ4v) is 4.33. The molecule has 0 spiro atoms. The van der Waals surface area contributed by atoms with Crippen molar-refractivity contribution < 1.29 is 13.9 Å². The largest absolute Gasteiger partial charge is 0.456 e. The minimum Gasteiger partial charge on any atom is -0.456 e. The van der Waals surface area contributed by atoms with Gasteiger partial charge in [-0.3, -0.25) is 9.48 Å². The summed E-state index contributed by atoms with van der Waals surface area (Å²) in [4.78, 5) is 26.3. The molecule has 37 heavy (non-hydrogen) atoms. The van der Waals surface area contributed by atoms with E-state index < -0.39 is 17.0 Å². The minimum absolute atomic E-state index is 0.0817. The van der Waals surface area contributed by atoms with Gasteiger partial charge in [-0.2, -0.15) is 10.4 Å². The van der Waals surface area contributed by atoms with Gasteiger partial charge in [0, 0.05) is 24.5 Å². The van der Waals surface area contributed by atoms with Gasteiger partial charge in [0.1, 0.15) is 28.5 Å². The number of nitrogens with one attached hydrogen (secondary N) is 1. The smallest absolute Gasteiger partial charge is 0.340 e. The summed E-state index contributed by atoms with van der Waals surface area (Å²) >= 11 is 0. The van der Waals surface area contributed by atoms with Crippen LogP contribution in [0.25, 0.3) is 22.4 Å². The molecule has 0 radical (unpaired) electrons. The first kappa shape index (κ1) is 25.7. The summed E-state index contributed by atoms with van der Waals surface area (Å²) in [6, 6.07) is 12.4. The number of anilines is 1. The Morgan fingerprint density at radius 1 is 1.22 bits per heavy atom. The molecule has 2 aromatic carbocycles. The van der Waals surface area contributed by atoms with Crippen molar-refractivity contribution in [3.63, 3.8) is 0 Å². The van der Waals surface area contributed by atoms with E-state index in [1.165, 1.54) is 0 Å². The summed E-state index contributed by atoms with van der Waals surface area (Å²) < 4.78 is 13.5. The molecule has 0 unspecified atom stereocenters. The van der Waals surface area contributed by atoms with E-state index in [1.54, 1.807) is 42.2 Å². The Balaban J connectivity index is 1.86. The normalized spacial score (nSPS) is 12.3. The number of aromatic nitrogens is 2. The van der Waals surface area contributed by atoms with Crippen LogP contribution in [0.4, 0.5) is 5.69 Å². The van der Waals surface area contributed by atoms with Gasteiger partial charge in [0.05, 0.1) is 17.0 Å². The maximum absolute atomic E-state index is 13.4. The van der Waals surface area contributed by atoms with Crippen LogP contribution in [0, 0.1) is 25.2 Å². The van der Waals surface area contributed by atoms with Gasteiger partial charge in [0.25, 0.3) is 0 Å². The third-order valence-electron chi connectivity index (χ3n) is 5.89. The standard InChI is InChI=1S/C29H30N4O4/c1-16-12-20(18(3)31-23-11-9-8-10-19(23)28(35)37-29(4,5)6)26-21(13-16)25(34)22(14-30)27(36-26)24-17(2)15-33(7)32-24/h8-13,15,18,31H,1-7H3/t18-/m1/s1. The number of hydrogen-bond acceptors (Lipinski definition) is 7. The second-order valence-corrected chi connectivity index (χ2v) is 10.2. The molecule has 0 bridgehead atoms. The first-order valence-corrected chi connectivity index (χ1v) is 12.0. The molecule has 4 rings (SSSR count). The summed E-state index contributed by atoms with van der Waals surface area (Å²) in [6.07, 6.45) is 1.80. The molecule has 0 fully saturated rings. The molecule has 2 aromatic heterocycles. The second kappa shape index (κ2) is 9.58. The number of carbonyl (C=O) groups excluding carboxylic acids is 1. The van der Waals surface area contributed by atoms with Crippen molar-refractivity contribution in [2.75, 3.05) is 5.32 Å². The van der Waals surface area contributed by atoms with E-state index in [4.69, 9.17) is 9.15 Å². The first-order chi connectivity index (χ1) is 17.4. The van der Waals surface area contributed by atoms with Gasteiger partial charge in [0.2, 0.25) is 5.43 Å². The minimum atomic E-state index is -0.635.